The Balaban J connectivity index is 1.63. The first-order valence-electron chi connectivity index (χ1n) is 7.09. The quantitative estimate of drug-likeness (QED) is 0.744. The molecule has 0 heterocycles. The molecule has 1 nitrogen and oxygen atoms in total. The van der Waals surface area contributed by atoms with E-state index in [1.807, 2.05) is 0 Å². The summed E-state index contributed by atoms with van der Waals surface area (Å²) in [7, 11) is 0. The van der Waals surface area contributed by atoms with Gasteiger partial charge in [-0.15, -0.1) is 0 Å². The van der Waals surface area contributed by atoms with E-state index >= 15 is 0 Å². The third-order valence-electron chi connectivity index (χ3n) is 4.56. The summed E-state index contributed by atoms with van der Waals surface area (Å²) in [4.78, 5) is 0. The van der Waals surface area contributed by atoms with Gasteiger partial charge in [-0.3, -0.25) is 0 Å². The van der Waals surface area contributed by atoms with E-state index in [9.17, 15) is 0 Å². The summed E-state index contributed by atoms with van der Waals surface area (Å²) in [5.74, 6) is 1.97. The van der Waals surface area contributed by atoms with Gasteiger partial charge in [0.05, 0.1) is 0 Å². The molecule has 15 heavy (non-hydrogen) atoms. The van der Waals surface area contributed by atoms with Gasteiger partial charge in [-0.25, -0.2) is 0 Å². The molecule has 0 amide bonds. The lowest BCUT2D eigenvalue weighted by atomic mass is 9.88. The summed E-state index contributed by atoms with van der Waals surface area (Å²) in [6.45, 7) is 3.69. The molecule has 0 unspecified atom stereocenters. The van der Waals surface area contributed by atoms with Gasteiger partial charge in [0.25, 0.3) is 0 Å². The zero-order valence-corrected chi connectivity index (χ0v) is 10.3. The van der Waals surface area contributed by atoms with E-state index in [0.717, 1.165) is 17.9 Å². The lowest BCUT2D eigenvalue weighted by Gasteiger charge is -2.26. The molecule has 0 radical (unpaired) electrons. The summed E-state index contributed by atoms with van der Waals surface area (Å²) in [5.41, 5.74) is 0. The third-order valence-corrected chi connectivity index (χ3v) is 4.56. The van der Waals surface area contributed by atoms with Crippen LogP contribution >= 0.6 is 0 Å². The minimum Gasteiger partial charge on any atom is -0.314 e. The molecular weight excluding hydrogens is 182 g/mol. The van der Waals surface area contributed by atoms with E-state index in [1.54, 1.807) is 0 Å². The molecule has 0 saturated heterocycles. The van der Waals surface area contributed by atoms with Crippen molar-refractivity contribution in [1.82, 2.24) is 5.32 Å². The molecule has 88 valence electrons. The molecule has 2 aliphatic rings. The largest absolute Gasteiger partial charge is 0.314 e. The van der Waals surface area contributed by atoms with Gasteiger partial charge in [-0.1, -0.05) is 32.1 Å². The fraction of sp³-hybridized carbons (Fsp3) is 1.00. The van der Waals surface area contributed by atoms with Gasteiger partial charge in [0.15, 0.2) is 0 Å². The van der Waals surface area contributed by atoms with Crippen LogP contribution in [-0.2, 0) is 0 Å². The molecule has 0 aromatic heterocycles. The van der Waals surface area contributed by atoms with Gasteiger partial charge >= 0.3 is 0 Å². The highest BCUT2D eigenvalue weighted by molar-refractivity contribution is 4.78. The highest BCUT2D eigenvalue weighted by atomic mass is 14.9. The van der Waals surface area contributed by atoms with Crippen molar-refractivity contribution in [3.8, 4) is 0 Å². The minimum atomic E-state index is 0.773. The maximum atomic E-state index is 3.79. The van der Waals surface area contributed by atoms with Crippen molar-refractivity contribution in [3.05, 3.63) is 0 Å². The van der Waals surface area contributed by atoms with E-state index in [1.165, 1.54) is 64.3 Å². The summed E-state index contributed by atoms with van der Waals surface area (Å²) < 4.78 is 0. The summed E-state index contributed by atoms with van der Waals surface area (Å²) in [6.07, 6.45) is 13.3. The molecule has 0 bridgehead atoms. The number of hydrogen-bond acceptors (Lipinski definition) is 1. The van der Waals surface area contributed by atoms with Crippen LogP contribution < -0.4 is 5.32 Å². The summed E-state index contributed by atoms with van der Waals surface area (Å²) in [5, 5.41) is 3.79. The van der Waals surface area contributed by atoms with Crippen LogP contribution in [0.3, 0.4) is 0 Å². The third kappa shape index (κ3) is 3.48. The fourth-order valence-corrected chi connectivity index (χ4v) is 3.37. The zero-order valence-electron chi connectivity index (χ0n) is 10.3. The van der Waals surface area contributed by atoms with Crippen molar-refractivity contribution in [1.29, 1.82) is 0 Å². The monoisotopic (exact) mass is 209 g/mol. The lowest BCUT2D eigenvalue weighted by Crippen LogP contribution is -2.36. The van der Waals surface area contributed by atoms with Gasteiger partial charge < -0.3 is 5.32 Å². The summed E-state index contributed by atoms with van der Waals surface area (Å²) in [6, 6.07) is 0.773. The highest BCUT2D eigenvalue weighted by Crippen LogP contribution is 2.28. The fourth-order valence-electron chi connectivity index (χ4n) is 3.37. The molecule has 1 heteroatoms. The minimum absolute atomic E-state index is 0.773. The van der Waals surface area contributed by atoms with Crippen LogP contribution in [0.15, 0.2) is 0 Å². The lowest BCUT2D eigenvalue weighted by molar-refractivity contribution is 0.302. The van der Waals surface area contributed by atoms with E-state index in [-0.39, 0.29) is 0 Å². The first-order valence-corrected chi connectivity index (χ1v) is 7.09. The Morgan fingerprint density at radius 1 is 0.933 bits per heavy atom. The Labute approximate surface area is 95.0 Å². The van der Waals surface area contributed by atoms with Crippen molar-refractivity contribution in [2.75, 3.05) is 6.54 Å². The SMILES string of the molecule is C[C@H](NCC1CCCCC1)C1CCCC1. The predicted molar refractivity (Wildman–Crippen MR) is 66.0 cm³/mol. The molecule has 2 fully saturated rings. The van der Waals surface area contributed by atoms with Crippen molar-refractivity contribution in [3.63, 3.8) is 0 Å². The predicted octanol–water partition coefficient (Wildman–Crippen LogP) is 3.74. The van der Waals surface area contributed by atoms with Crippen molar-refractivity contribution < 1.29 is 0 Å². The average Bonchev–Trinajstić information content (AvgIpc) is 2.81. The summed E-state index contributed by atoms with van der Waals surface area (Å²) >= 11 is 0. The number of hydrogen-bond donors (Lipinski definition) is 1. The van der Waals surface area contributed by atoms with Gasteiger partial charge in [0.1, 0.15) is 0 Å². The van der Waals surface area contributed by atoms with Gasteiger partial charge in [0.2, 0.25) is 0 Å². The second-order valence-electron chi connectivity index (χ2n) is 5.75. The van der Waals surface area contributed by atoms with Crippen LogP contribution in [0, 0.1) is 11.8 Å². The smallest absolute Gasteiger partial charge is 0.00671 e. The van der Waals surface area contributed by atoms with Crippen LogP contribution in [0.5, 0.6) is 0 Å². The van der Waals surface area contributed by atoms with Crippen molar-refractivity contribution in [2.24, 2.45) is 11.8 Å². The van der Waals surface area contributed by atoms with E-state index in [2.05, 4.69) is 12.2 Å². The van der Waals surface area contributed by atoms with E-state index in [0.29, 0.717) is 0 Å². The van der Waals surface area contributed by atoms with E-state index < -0.39 is 0 Å². The molecule has 1 atom stereocenters. The molecule has 2 saturated carbocycles. The van der Waals surface area contributed by atoms with Crippen LogP contribution in [0.4, 0.5) is 0 Å². The Bertz CT molecular complexity index is 166. The second-order valence-corrected chi connectivity index (χ2v) is 5.75. The molecule has 0 aromatic carbocycles. The highest BCUT2D eigenvalue weighted by Gasteiger charge is 2.22. The van der Waals surface area contributed by atoms with Crippen LogP contribution in [0.1, 0.15) is 64.7 Å². The van der Waals surface area contributed by atoms with E-state index in [4.69, 9.17) is 0 Å². The molecule has 0 aliphatic heterocycles. The first kappa shape index (κ1) is 11.4. The molecule has 2 rings (SSSR count). The Morgan fingerprint density at radius 2 is 1.53 bits per heavy atom. The van der Waals surface area contributed by atoms with Crippen LogP contribution in [0.2, 0.25) is 0 Å². The average molecular weight is 209 g/mol. The zero-order chi connectivity index (χ0) is 10.5. The molecular formula is C14H27N. The Hall–Kier alpha value is -0.0400. The Morgan fingerprint density at radius 3 is 2.20 bits per heavy atom. The topological polar surface area (TPSA) is 12.0 Å². The van der Waals surface area contributed by atoms with Gasteiger partial charge in [-0.05, 0) is 51.0 Å². The standard InChI is InChI=1S/C14H27N/c1-12(14-9-5-6-10-14)15-11-13-7-3-2-4-8-13/h12-15H,2-11H2,1H3/t12-/m0/s1. The van der Waals surface area contributed by atoms with Crippen molar-refractivity contribution in [2.45, 2.75) is 70.8 Å². The van der Waals surface area contributed by atoms with Crippen LogP contribution in [-0.4, -0.2) is 12.6 Å². The van der Waals surface area contributed by atoms with Crippen molar-refractivity contribution >= 4 is 0 Å². The molecule has 2 aliphatic carbocycles. The van der Waals surface area contributed by atoms with Crippen LogP contribution in [0.25, 0.3) is 0 Å². The Kier molecular flexibility index (Phi) is 4.49. The van der Waals surface area contributed by atoms with Gasteiger partial charge in [0, 0.05) is 6.04 Å². The maximum Gasteiger partial charge on any atom is 0.00671 e. The number of rotatable bonds is 4. The number of nitrogens with one attached hydrogen (secondary N) is 1. The molecule has 0 spiro atoms. The molecule has 0 aromatic rings. The maximum absolute atomic E-state index is 3.79. The first-order chi connectivity index (χ1) is 7.36. The second kappa shape index (κ2) is 5.89. The molecule has 1 N–H and O–H groups in total. The normalized spacial score (nSPS) is 27.0. The van der Waals surface area contributed by atoms with Gasteiger partial charge in [-0.2, -0.15) is 0 Å².